The number of carbonyl (C=O) groups excluding carboxylic acids is 1. The molecular weight excluding hydrogens is 282 g/mol. The van der Waals surface area contributed by atoms with Crippen LogP contribution in [-0.2, 0) is 0 Å². The first-order valence-electron chi connectivity index (χ1n) is 7.34. The molecular formula is C17H19NO2S. The Morgan fingerprint density at radius 2 is 2.10 bits per heavy atom. The van der Waals surface area contributed by atoms with E-state index in [0.29, 0.717) is 12.2 Å². The number of hydrogen-bond donors (Lipinski definition) is 0. The second-order valence-corrected chi connectivity index (χ2v) is 6.06. The molecule has 0 atom stereocenters. The Balaban J connectivity index is 1.68. The van der Waals surface area contributed by atoms with Gasteiger partial charge in [-0.3, -0.25) is 9.69 Å². The summed E-state index contributed by atoms with van der Waals surface area (Å²) in [5.41, 5.74) is 2.73. The molecule has 1 fully saturated rings. The molecule has 4 heteroatoms. The van der Waals surface area contributed by atoms with Crippen LogP contribution in [0.4, 0.5) is 0 Å². The number of ether oxygens (including phenoxy) is 1. The summed E-state index contributed by atoms with van der Waals surface area (Å²) in [6, 6.07) is 7.71. The van der Waals surface area contributed by atoms with E-state index in [4.69, 9.17) is 4.74 Å². The first kappa shape index (κ1) is 14.3. The largest absolute Gasteiger partial charge is 0.492 e. The maximum absolute atomic E-state index is 11.2. The second-order valence-electron chi connectivity index (χ2n) is 5.28. The number of carbonyl (C=O) groups is 1. The van der Waals surface area contributed by atoms with Crippen LogP contribution in [0.2, 0.25) is 0 Å². The van der Waals surface area contributed by atoms with Crippen molar-refractivity contribution in [3.63, 3.8) is 0 Å². The summed E-state index contributed by atoms with van der Waals surface area (Å²) in [5, 5.41) is 4.07. The van der Waals surface area contributed by atoms with Gasteiger partial charge in [0.2, 0.25) is 0 Å². The van der Waals surface area contributed by atoms with Gasteiger partial charge in [-0.1, -0.05) is 0 Å². The summed E-state index contributed by atoms with van der Waals surface area (Å²) in [5.74, 6) is 0.834. The topological polar surface area (TPSA) is 29.5 Å². The standard InChI is InChI=1S/C17H19NO2S/c19-12-14-3-4-16(11-17(14)15-5-10-21-13-15)20-9-8-18-6-1-2-7-18/h3-5,10-13H,1-2,6-9H2. The van der Waals surface area contributed by atoms with E-state index < -0.39 is 0 Å². The summed E-state index contributed by atoms with van der Waals surface area (Å²) in [4.78, 5) is 13.6. The second kappa shape index (κ2) is 6.87. The molecule has 0 saturated carbocycles. The van der Waals surface area contributed by atoms with Crippen molar-refractivity contribution in [1.82, 2.24) is 4.90 Å². The lowest BCUT2D eigenvalue weighted by atomic mass is 10.0. The van der Waals surface area contributed by atoms with E-state index in [-0.39, 0.29) is 0 Å². The first-order chi connectivity index (χ1) is 10.4. The summed E-state index contributed by atoms with van der Waals surface area (Å²) in [7, 11) is 0. The van der Waals surface area contributed by atoms with Crippen molar-refractivity contribution >= 4 is 17.6 Å². The highest BCUT2D eigenvalue weighted by atomic mass is 32.1. The average molecular weight is 301 g/mol. The lowest BCUT2D eigenvalue weighted by Gasteiger charge is -2.15. The Kier molecular flexibility index (Phi) is 4.68. The molecule has 1 aromatic carbocycles. The maximum atomic E-state index is 11.2. The molecule has 3 rings (SSSR count). The zero-order chi connectivity index (χ0) is 14.5. The van der Waals surface area contributed by atoms with Crippen molar-refractivity contribution in [3.8, 4) is 16.9 Å². The normalized spacial score (nSPS) is 15.2. The molecule has 1 saturated heterocycles. The zero-order valence-corrected chi connectivity index (χ0v) is 12.8. The minimum Gasteiger partial charge on any atom is -0.492 e. The van der Waals surface area contributed by atoms with Crippen molar-refractivity contribution in [2.24, 2.45) is 0 Å². The van der Waals surface area contributed by atoms with E-state index in [1.165, 1.54) is 25.9 Å². The SMILES string of the molecule is O=Cc1ccc(OCCN2CCCC2)cc1-c1ccsc1. The van der Waals surface area contributed by atoms with Crippen molar-refractivity contribution in [2.75, 3.05) is 26.2 Å². The molecule has 3 nitrogen and oxygen atoms in total. The van der Waals surface area contributed by atoms with Crippen molar-refractivity contribution in [1.29, 1.82) is 0 Å². The molecule has 1 aromatic heterocycles. The fourth-order valence-electron chi connectivity index (χ4n) is 2.69. The van der Waals surface area contributed by atoms with Crippen LogP contribution in [0.5, 0.6) is 5.75 Å². The van der Waals surface area contributed by atoms with E-state index in [1.54, 1.807) is 11.3 Å². The molecule has 0 bridgehead atoms. The Morgan fingerprint density at radius 3 is 2.81 bits per heavy atom. The summed E-state index contributed by atoms with van der Waals surface area (Å²) < 4.78 is 5.85. The fraction of sp³-hybridized carbons (Fsp3) is 0.353. The van der Waals surface area contributed by atoms with Gasteiger partial charge in [0.25, 0.3) is 0 Å². The van der Waals surface area contributed by atoms with Crippen LogP contribution < -0.4 is 4.74 Å². The summed E-state index contributed by atoms with van der Waals surface area (Å²) in [6.45, 7) is 4.05. The molecule has 1 aliphatic heterocycles. The van der Waals surface area contributed by atoms with Crippen LogP contribution in [0, 0.1) is 0 Å². The van der Waals surface area contributed by atoms with Gasteiger partial charge in [0.15, 0.2) is 6.29 Å². The van der Waals surface area contributed by atoms with Gasteiger partial charge < -0.3 is 4.74 Å². The summed E-state index contributed by atoms with van der Waals surface area (Å²) >= 11 is 1.63. The van der Waals surface area contributed by atoms with E-state index in [9.17, 15) is 4.79 Å². The van der Waals surface area contributed by atoms with Crippen molar-refractivity contribution in [3.05, 3.63) is 40.6 Å². The predicted octanol–water partition coefficient (Wildman–Crippen LogP) is 3.70. The number of rotatable bonds is 6. The number of nitrogens with zero attached hydrogens (tertiary/aromatic N) is 1. The van der Waals surface area contributed by atoms with Crippen molar-refractivity contribution < 1.29 is 9.53 Å². The predicted molar refractivity (Wildman–Crippen MR) is 86.3 cm³/mol. The molecule has 110 valence electrons. The first-order valence-corrected chi connectivity index (χ1v) is 8.28. The minimum atomic E-state index is 0.698. The van der Waals surface area contributed by atoms with Gasteiger partial charge in [0, 0.05) is 12.1 Å². The monoisotopic (exact) mass is 301 g/mol. The highest BCUT2D eigenvalue weighted by molar-refractivity contribution is 7.08. The van der Waals surface area contributed by atoms with E-state index >= 15 is 0 Å². The number of likely N-dealkylation sites (tertiary alicyclic amines) is 1. The number of aldehydes is 1. The van der Waals surface area contributed by atoms with Gasteiger partial charge in [-0.25, -0.2) is 0 Å². The molecule has 0 spiro atoms. The summed E-state index contributed by atoms with van der Waals surface area (Å²) in [6.07, 6.45) is 3.51. The molecule has 0 radical (unpaired) electrons. The fourth-order valence-corrected chi connectivity index (χ4v) is 3.35. The van der Waals surface area contributed by atoms with Crippen LogP contribution in [0.1, 0.15) is 23.2 Å². The third-order valence-electron chi connectivity index (χ3n) is 3.86. The Morgan fingerprint density at radius 1 is 1.24 bits per heavy atom. The van der Waals surface area contributed by atoms with Gasteiger partial charge in [-0.15, -0.1) is 0 Å². The van der Waals surface area contributed by atoms with E-state index in [0.717, 1.165) is 29.7 Å². The third-order valence-corrected chi connectivity index (χ3v) is 4.54. The third kappa shape index (κ3) is 3.52. The molecule has 0 N–H and O–H groups in total. The van der Waals surface area contributed by atoms with Gasteiger partial charge >= 0.3 is 0 Å². The van der Waals surface area contributed by atoms with E-state index in [2.05, 4.69) is 10.3 Å². The van der Waals surface area contributed by atoms with Crippen LogP contribution >= 0.6 is 11.3 Å². The Labute approximate surface area is 129 Å². The lowest BCUT2D eigenvalue weighted by Crippen LogP contribution is -2.25. The molecule has 0 aliphatic carbocycles. The van der Waals surface area contributed by atoms with E-state index in [1.807, 2.05) is 29.6 Å². The van der Waals surface area contributed by atoms with Gasteiger partial charge in [-0.05, 0) is 72.1 Å². The van der Waals surface area contributed by atoms with Gasteiger partial charge in [-0.2, -0.15) is 11.3 Å². The Hall–Kier alpha value is -1.65. The number of benzene rings is 1. The number of hydrogen-bond acceptors (Lipinski definition) is 4. The van der Waals surface area contributed by atoms with Crippen LogP contribution in [0.15, 0.2) is 35.0 Å². The molecule has 0 unspecified atom stereocenters. The molecule has 2 aromatic rings. The van der Waals surface area contributed by atoms with Crippen molar-refractivity contribution in [2.45, 2.75) is 12.8 Å². The molecule has 0 amide bonds. The van der Waals surface area contributed by atoms with Crippen LogP contribution in [-0.4, -0.2) is 37.4 Å². The quantitative estimate of drug-likeness (QED) is 0.762. The molecule has 21 heavy (non-hydrogen) atoms. The van der Waals surface area contributed by atoms with Crippen LogP contribution in [0.3, 0.4) is 0 Å². The zero-order valence-electron chi connectivity index (χ0n) is 12.0. The smallest absolute Gasteiger partial charge is 0.150 e. The highest BCUT2D eigenvalue weighted by Gasteiger charge is 2.11. The minimum absolute atomic E-state index is 0.698. The van der Waals surface area contributed by atoms with Crippen LogP contribution in [0.25, 0.3) is 11.1 Å². The maximum Gasteiger partial charge on any atom is 0.150 e. The van der Waals surface area contributed by atoms with Gasteiger partial charge in [0.1, 0.15) is 12.4 Å². The highest BCUT2D eigenvalue weighted by Crippen LogP contribution is 2.29. The molecule has 1 aliphatic rings. The lowest BCUT2D eigenvalue weighted by molar-refractivity contribution is 0.112. The molecule has 2 heterocycles. The number of thiophene rings is 1. The van der Waals surface area contributed by atoms with Gasteiger partial charge in [0.05, 0.1) is 0 Å². The average Bonchev–Trinajstić information content (AvgIpc) is 3.20. The Bertz CT molecular complexity index is 589.